The lowest BCUT2D eigenvalue weighted by molar-refractivity contribution is 0.0198. The highest BCUT2D eigenvalue weighted by Gasteiger charge is 2.29. The van der Waals surface area contributed by atoms with Gasteiger partial charge >= 0.3 is 6.09 Å². The lowest BCUT2D eigenvalue weighted by Crippen LogP contribution is -2.41. The molecule has 20 heavy (non-hydrogen) atoms. The summed E-state index contributed by atoms with van der Waals surface area (Å²) in [5, 5.41) is 3.80. The molecule has 0 radical (unpaired) electrons. The third kappa shape index (κ3) is 3.69. The van der Waals surface area contributed by atoms with Crippen molar-refractivity contribution in [1.82, 2.24) is 15.0 Å². The zero-order valence-electron chi connectivity index (χ0n) is 12.3. The van der Waals surface area contributed by atoms with Crippen LogP contribution >= 0.6 is 0 Å². The zero-order valence-corrected chi connectivity index (χ0v) is 12.3. The van der Waals surface area contributed by atoms with Gasteiger partial charge < -0.3 is 19.9 Å². The third-order valence-electron chi connectivity index (χ3n) is 3.16. The summed E-state index contributed by atoms with van der Waals surface area (Å²) in [7, 11) is 0. The lowest BCUT2D eigenvalue weighted by atomic mass is 9.97. The molecule has 1 aromatic rings. The maximum atomic E-state index is 11.9. The molecule has 2 rings (SSSR count). The normalized spacial score (nSPS) is 17.3. The zero-order chi connectivity index (χ0) is 14.8. The van der Waals surface area contributed by atoms with E-state index in [1.54, 1.807) is 4.90 Å². The Morgan fingerprint density at radius 2 is 2.10 bits per heavy atom. The van der Waals surface area contributed by atoms with Crippen molar-refractivity contribution >= 4 is 6.09 Å². The average Bonchev–Trinajstić information content (AvgIpc) is 2.85. The summed E-state index contributed by atoms with van der Waals surface area (Å²) >= 11 is 0. The minimum absolute atomic E-state index is 0.196. The Balaban J connectivity index is 1.87. The van der Waals surface area contributed by atoms with Gasteiger partial charge in [-0.3, -0.25) is 0 Å². The van der Waals surface area contributed by atoms with E-state index in [1.807, 2.05) is 20.8 Å². The van der Waals surface area contributed by atoms with E-state index in [1.165, 1.54) is 0 Å². The first-order valence-electron chi connectivity index (χ1n) is 6.89. The summed E-state index contributed by atoms with van der Waals surface area (Å²) in [6, 6.07) is 0. The molecule has 0 saturated carbocycles. The molecule has 7 heteroatoms. The second kappa shape index (κ2) is 5.78. The van der Waals surface area contributed by atoms with E-state index in [4.69, 9.17) is 15.0 Å². The van der Waals surface area contributed by atoms with Crippen LogP contribution in [-0.4, -0.2) is 39.8 Å². The van der Waals surface area contributed by atoms with Gasteiger partial charge in [-0.05, 0) is 33.6 Å². The molecule has 112 valence electrons. The van der Waals surface area contributed by atoms with E-state index in [-0.39, 0.29) is 18.6 Å². The van der Waals surface area contributed by atoms with Gasteiger partial charge in [-0.15, -0.1) is 0 Å². The molecule has 0 spiro atoms. The molecule has 2 heterocycles. The molecule has 0 aromatic carbocycles. The van der Waals surface area contributed by atoms with Crippen molar-refractivity contribution in [3.8, 4) is 0 Å². The Kier molecular flexibility index (Phi) is 4.27. The number of carbonyl (C=O) groups is 1. The number of likely N-dealkylation sites (tertiary alicyclic amines) is 1. The van der Waals surface area contributed by atoms with Crippen molar-refractivity contribution in [2.75, 3.05) is 13.1 Å². The van der Waals surface area contributed by atoms with E-state index in [2.05, 4.69) is 10.1 Å². The predicted molar refractivity (Wildman–Crippen MR) is 72.0 cm³/mol. The monoisotopic (exact) mass is 282 g/mol. The van der Waals surface area contributed by atoms with Gasteiger partial charge in [0.1, 0.15) is 5.60 Å². The molecule has 0 aliphatic carbocycles. The fraction of sp³-hybridized carbons (Fsp3) is 0.769. The van der Waals surface area contributed by atoms with Crippen LogP contribution in [0.1, 0.15) is 51.2 Å². The Bertz CT molecular complexity index is 458. The molecule has 0 atom stereocenters. The van der Waals surface area contributed by atoms with Crippen LogP contribution in [0.15, 0.2) is 4.52 Å². The molecule has 7 nitrogen and oxygen atoms in total. The van der Waals surface area contributed by atoms with Crippen LogP contribution in [0.25, 0.3) is 0 Å². The van der Waals surface area contributed by atoms with Gasteiger partial charge in [-0.2, -0.15) is 4.98 Å². The van der Waals surface area contributed by atoms with E-state index >= 15 is 0 Å². The summed E-state index contributed by atoms with van der Waals surface area (Å²) in [6.07, 6.45) is 1.33. The summed E-state index contributed by atoms with van der Waals surface area (Å²) in [5.41, 5.74) is 5.00. The quantitative estimate of drug-likeness (QED) is 0.886. The van der Waals surface area contributed by atoms with E-state index in [0.29, 0.717) is 24.8 Å². The van der Waals surface area contributed by atoms with Gasteiger partial charge in [-0.1, -0.05) is 5.16 Å². The average molecular weight is 282 g/mol. The highest BCUT2D eigenvalue weighted by Crippen LogP contribution is 2.27. The van der Waals surface area contributed by atoms with Crippen LogP contribution in [0.2, 0.25) is 0 Å². The molecule has 1 saturated heterocycles. The molecule has 0 bridgehead atoms. The largest absolute Gasteiger partial charge is 0.444 e. The maximum Gasteiger partial charge on any atom is 0.410 e. The van der Waals surface area contributed by atoms with Crippen molar-refractivity contribution in [3.05, 3.63) is 11.7 Å². The fourth-order valence-electron chi connectivity index (χ4n) is 2.15. The number of ether oxygens (including phenoxy) is 1. The highest BCUT2D eigenvalue weighted by molar-refractivity contribution is 5.68. The first-order chi connectivity index (χ1) is 9.39. The molecule has 1 aliphatic rings. The van der Waals surface area contributed by atoms with Gasteiger partial charge in [-0.25, -0.2) is 4.79 Å². The minimum Gasteiger partial charge on any atom is -0.444 e. The SMILES string of the molecule is CC(C)(C)OC(=O)N1CCC(c2nc(CN)no2)CC1. The molecule has 0 unspecified atom stereocenters. The molecular formula is C13H22N4O3. The first-order valence-corrected chi connectivity index (χ1v) is 6.89. The van der Waals surface area contributed by atoms with Gasteiger partial charge in [0.2, 0.25) is 5.89 Å². The predicted octanol–water partition coefficient (Wildman–Crippen LogP) is 1.64. The third-order valence-corrected chi connectivity index (χ3v) is 3.16. The van der Waals surface area contributed by atoms with Crippen molar-refractivity contribution in [2.45, 2.75) is 51.7 Å². The highest BCUT2D eigenvalue weighted by atomic mass is 16.6. The molecule has 1 aromatic heterocycles. The van der Waals surface area contributed by atoms with Crippen molar-refractivity contribution in [3.63, 3.8) is 0 Å². The molecule has 1 amide bonds. The summed E-state index contributed by atoms with van der Waals surface area (Å²) in [5.74, 6) is 1.34. The second-order valence-electron chi connectivity index (χ2n) is 5.99. The number of carbonyl (C=O) groups excluding carboxylic acids is 1. The number of nitrogens with two attached hydrogens (primary N) is 1. The lowest BCUT2D eigenvalue weighted by Gasteiger charge is -2.32. The summed E-state index contributed by atoms with van der Waals surface area (Å²) in [6.45, 7) is 7.15. The van der Waals surface area contributed by atoms with Crippen LogP contribution in [0.3, 0.4) is 0 Å². The Labute approximate surface area is 118 Å². The Hall–Kier alpha value is -1.63. The van der Waals surface area contributed by atoms with Gasteiger partial charge in [0, 0.05) is 19.0 Å². The van der Waals surface area contributed by atoms with E-state index < -0.39 is 5.60 Å². The van der Waals surface area contributed by atoms with Gasteiger partial charge in [0.15, 0.2) is 5.82 Å². The Morgan fingerprint density at radius 3 is 2.60 bits per heavy atom. The van der Waals surface area contributed by atoms with Crippen LogP contribution in [0.4, 0.5) is 4.79 Å². The molecule has 1 fully saturated rings. The van der Waals surface area contributed by atoms with Crippen molar-refractivity contribution < 1.29 is 14.1 Å². The number of rotatable bonds is 2. The Morgan fingerprint density at radius 1 is 1.45 bits per heavy atom. The number of aromatic nitrogens is 2. The maximum absolute atomic E-state index is 11.9. The summed E-state index contributed by atoms with van der Waals surface area (Å²) < 4.78 is 10.6. The van der Waals surface area contributed by atoms with Crippen LogP contribution in [-0.2, 0) is 11.3 Å². The van der Waals surface area contributed by atoms with Crippen molar-refractivity contribution in [2.24, 2.45) is 5.73 Å². The minimum atomic E-state index is -0.462. The topological polar surface area (TPSA) is 94.5 Å². The van der Waals surface area contributed by atoms with Crippen LogP contribution in [0.5, 0.6) is 0 Å². The van der Waals surface area contributed by atoms with E-state index in [9.17, 15) is 4.79 Å². The molecule has 1 aliphatic heterocycles. The molecule has 2 N–H and O–H groups in total. The van der Waals surface area contributed by atoms with Crippen LogP contribution < -0.4 is 5.73 Å². The number of hydrogen-bond acceptors (Lipinski definition) is 6. The first kappa shape index (κ1) is 14.8. The standard InChI is InChI=1S/C13H22N4O3/c1-13(2,3)19-12(18)17-6-4-9(5-7-17)11-15-10(8-14)16-20-11/h9H,4-8,14H2,1-3H3. The smallest absolute Gasteiger partial charge is 0.410 e. The molecular weight excluding hydrogens is 260 g/mol. The second-order valence-corrected chi connectivity index (χ2v) is 5.99. The summed E-state index contributed by atoms with van der Waals surface area (Å²) in [4.78, 5) is 17.9. The number of amides is 1. The number of hydrogen-bond donors (Lipinski definition) is 1. The van der Waals surface area contributed by atoms with Gasteiger partial charge in [0.05, 0.1) is 6.54 Å². The van der Waals surface area contributed by atoms with Gasteiger partial charge in [0.25, 0.3) is 0 Å². The van der Waals surface area contributed by atoms with E-state index in [0.717, 1.165) is 12.8 Å². The fourth-order valence-corrected chi connectivity index (χ4v) is 2.15. The van der Waals surface area contributed by atoms with Crippen molar-refractivity contribution in [1.29, 1.82) is 0 Å². The van der Waals surface area contributed by atoms with Crippen LogP contribution in [0, 0.1) is 0 Å². The number of nitrogens with zero attached hydrogens (tertiary/aromatic N) is 3. The number of piperidine rings is 1.